The molecule has 0 aromatic carbocycles. The number of aromatic nitrogens is 3. The molecule has 158 valence electrons. The Balaban J connectivity index is 1.66. The van der Waals surface area contributed by atoms with Gasteiger partial charge in [-0.15, -0.1) is 34.7 Å². The number of rotatable bonds is 6. The molecule has 10 heteroatoms. The van der Waals surface area contributed by atoms with Crippen molar-refractivity contribution in [3.8, 4) is 5.00 Å². The van der Waals surface area contributed by atoms with E-state index in [1.807, 2.05) is 12.2 Å². The highest BCUT2D eigenvalue weighted by molar-refractivity contribution is 8.14. The van der Waals surface area contributed by atoms with E-state index in [2.05, 4.69) is 57.2 Å². The molecule has 0 saturated heterocycles. The molecular weight excluding hydrogens is 436 g/mol. The summed E-state index contributed by atoms with van der Waals surface area (Å²) < 4.78 is 8.43. The summed E-state index contributed by atoms with van der Waals surface area (Å²) in [7, 11) is 0. The first-order valence-corrected chi connectivity index (χ1v) is 12.7. The number of ether oxygens (including phenoxy) is 1. The second kappa shape index (κ2) is 7.74. The molecule has 5 rings (SSSR count). The van der Waals surface area contributed by atoms with Crippen molar-refractivity contribution in [1.82, 2.24) is 20.2 Å². The lowest BCUT2D eigenvalue weighted by Crippen LogP contribution is -2.40. The third-order valence-corrected chi connectivity index (χ3v) is 8.76. The van der Waals surface area contributed by atoms with Gasteiger partial charge in [-0.3, -0.25) is 10.3 Å². The maximum Gasteiger partial charge on any atom is 0.241 e. The molecule has 1 unspecified atom stereocenters. The summed E-state index contributed by atoms with van der Waals surface area (Å²) >= 11 is 5.09. The van der Waals surface area contributed by atoms with Crippen LogP contribution in [0.4, 0.5) is 5.95 Å². The summed E-state index contributed by atoms with van der Waals surface area (Å²) in [6.07, 6.45) is 5.60. The van der Waals surface area contributed by atoms with Gasteiger partial charge in [0.1, 0.15) is 5.00 Å². The molecule has 0 radical (unpaired) electrons. The highest BCUT2D eigenvalue weighted by Crippen LogP contribution is 2.50. The van der Waals surface area contributed by atoms with Crippen molar-refractivity contribution in [2.75, 3.05) is 16.4 Å². The van der Waals surface area contributed by atoms with Gasteiger partial charge in [0.15, 0.2) is 16.5 Å². The van der Waals surface area contributed by atoms with Crippen LogP contribution in [-0.2, 0) is 17.8 Å². The van der Waals surface area contributed by atoms with E-state index < -0.39 is 0 Å². The Morgan fingerprint density at radius 2 is 2.10 bits per heavy atom. The predicted molar refractivity (Wildman–Crippen MR) is 126 cm³/mol. The Kier molecular flexibility index (Phi) is 5.20. The van der Waals surface area contributed by atoms with E-state index in [1.165, 1.54) is 21.0 Å². The number of nitrogens with zero attached hydrogens (tertiary/aromatic N) is 5. The van der Waals surface area contributed by atoms with Gasteiger partial charge in [-0.25, -0.2) is 4.57 Å². The molecular formula is C20H24N6OS3. The lowest BCUT2D eigenvalue weighted by atomic mass is 9.88. The monoisotopic (exact) mass is 460 g/mol. The number of anilines is 1. The van der Waals surface area contributed by atoms with Crippen molar-refractivity contribution < 1.29 is 4.74 Å². The van der Waals surface area contributed by atoms with Crippen molar-refractivity contribution in [2.45, 2.75) is 50.2 Å². The summed E-state index contributed by atoms with van der Waals surface area (Å²) in [5.41, 5.74) is 5.90. The van der Waals surface area contributed by atoms with Gasteiger partial charge in [-0.1, -0.05) is 42.6 Å². The Labute approximate surface area is 188 Å². The average molecular weight is 461 g/mol. The molecule has 0 bridgehead atoms. The highest BCUT2D eigenvalue weighted by Gasteiger charge is 2.46. The van der Waals surface area contributed by atoms with Gasteiger partial charge in [-0.2, -0.15) is 5.10 Å². The number of hydrogen-bond donors (Lipinski definition) is 1. The molecule has 3 aliphatic heterocycles. The molecule has 0 fully saturated rings. The van der Waals surface area contributed by atoms with Crippen LogP contribution in [0.25, 0.3) is 5.00 Å². The van der Waals surface area contributed by atoms with Crippen molar-refractivity contribution in [1.29, 1.82) is 0 Å². The van der Waals surface area contributed by atoms with Crippen LogP contribution in [0.15, 0.2) is 35.6 Å². The average Bonchev–Trinajstić information content (AvgIpc) is 3.45. The SMILES string of the molecule is C=CCSC1=NNC2c3c(sc4c3C[C@@](C)(CC)OC4)-n3c(SCC=C)nnc3N12. The Hall–Kier alpha value is -1.75. The standard InChI is InChI=1S/C20H24N6OS3/c1-5-8-28-18-23-21-15-14-12-10-20(4,7-3)27-11-13(12)30-16(14)26-17(25(15)18)22-24-19(26)29-9-6-2/h5-6,15,21H,1-2,7-11H2,3-4H3/t15?,20-/m1/s1. The first kappa shape index (κ1) is 20.2. The van der Waals surface area contributed by atoms with E-state index >= 15 is 0 Å². The summed E-state index contributed by atoms with van der Waals surface area (Å²) in [6, 6.07) is 0. The summed E-state index contributed by atoms with van der Waals surface area (Å²) in [6.45, 7) is 12.7. The van der Waals surface area contributed by atoms with Gasteiger partial charge >= 0.3 is 0 Å². The number of amidine groups is 1. The Bertz CT molecular complexity index is 1040. The van der Waals surface area contributed by atoms with Crippen LogP contribution in [-0.4, -0.2) is 37.0 Å². The molecule has 2 atom stereocenters. The number of fused-ring (bicyclic) bond motifs is 8. The van der Waals surface area contributed by atoms with Gasteiger partial charge in [0, 0.05) is 28.4 Å². The molecule has 0 aliphatic carbocycles. The molecule has 2 aromatic rings. The molecule has 0 spiro atoms. The third kappa shape index (κ3) is 3.04. The normalized spacial score (nSPS) is 23.7. The van der Waals surface area contributed by atoms with Crippen molar-refractivity contribution in [3.63, 3.8) is 0 Å². The summed E-state index contributed by atoms with van der Waals surface area (Å²) in [5.74, 6) is 2.37. The smallest absolute Gasteiger partial charge is 0.241 e. The Morgan fingerprint density at radius 1 is 1.30 bits per heavy atom. The van der Waals surface area contributed by atoms with Crippen molar-refractivity contribution in [2.24, 2.45) is 5.10 Å². The van der Waals surface area contributed by atoms with Crippen LogP contribution in [0.3, 0.4) is 0 Å². The zero-order chi connectivity index (χ0) is 20.9. The predicted octanol–water partition coefficient (Wildman–Crippen LogP) is 4.46. The number of nitrogens with one attached hydrogen (secondary N) is 1. The lowest BCUT2D eigenvalue weighted by molar-refractivity contribution is -0.0549. The molecule has 1 N–H and O–H groups in total. The number of thiophene rings is 1. The molecule has 7 nitrogen and oxygen atoms in total. The zero-order valence-corrected chi connectivity index (χ0v) is 19.5. The molecule has 0 amide bonds. The molecule has 30 heavy (non-hydrogen) atoms. The minimum atomic E-state index is -0.138. The van der Waals surface area contributed by atoms with Crippen LogP contribution < -0.4 is 10.3 Å². The van der Waals surface area contributed by atoms with Crippen LogP contribution in [0.5, 0.6) is 0 Å². The minimum Gasteiger partial charge on any atom is -0.369 e. The molecule has 3 aliphatic rings. The molecule has 5 heterocycles. The molecule has 2 aromatic heterocycles. The van der Waals surface area contributed by atoms with Crippen LogP contribution in [0.2, 0.25) is 0 Å². The van der Waals surface area contributed by atoms with Gasteiger partial charge in [-0.05, 0) is 18.9 Å². The maximum atomic E-state index is 6.24. The highest BCUT2D eigenvalue weighted by atomic mass is 32.2. The second-order valence-corrected chi connectivity index (χ2v) is 10.7. The molecule has 0 saturated carbocycles. The van der Waals surface area contributed by atoms with E-state index in [0.717, 1.165) is 40.6 Å². The number of thioether (sulfide) groups is 2. The second-order valence-electron chi connectivity index (χ2n) is 7.60. The Morgan fingerprint density at radius 3 is 2.87 bits per heavy atom. The topological polar surface area (TPSA) is 67.6 Å². The third-order valence-electron chi connectivity index (χ3n) is 5.68. The number of hydrogen-bond acceptors (Lipinski definition) is 9. The van der Waals surface area contributed by atoms with E-state index in [9.17, 15) is 0 Å². The van der Waals surface area contributed by atoms with E-state index in [1.54, 1.807) is 34.9 Å². The quantitative estimate of drug-likeness (QED) is 0.504. The fourth-order valence-electron chi connectivity index (χ4n) is 3.95. The number of hydrazone groups is 1. The first-order chi connectivity index (χ1) is 14.6. The lowest BCUT2D eigenvalue weighted by Gasteiger charge is -2.35. The summed E-state index contributed by atoms with van der Waals surface area (Å²) in [5, 5.41) is 16.7. The van der Waals surface area contributed by atoms with Gasteiger partial charge < -0.3 is 4.74 Å². The van der Waals surface area contributed by atoms with Crippen molar-refractivity contribution in [3.05, 3.63) is 41.3 Å². The van der Waals surface area contributed by atoms with Gasteiger partial charge in [0.25, 0.3) is 0 Å². The van der Waals surface area contributed by atoms with Crippen LogP contribution in [0, 0.1) is 0 Å². The van der Waals surface area contributed by atoms with E-state index in [0.29, 0.717) is 6.61 Å². The fourth-order valence-corrected chi connectivity index (χ4v) is 6.65. The maximum absolute atomic E-state index is 6.24. The van der Waals surface area contributed by atoms with Crippen molar-refractivity contribution >= 4 is 46.0 Å². The van der Waals surface area contributed by atoms with Gasteiger partial charge in [0.05, 0.1) is 12.2 Å². The zero-order valence-electron chi connectivity index (χ0n) is 17.1. The van der Waals surface area contributed by atoms with Crippen LogP contribution in [0.1, 0.15) is 42.4 Å². The minimum absolute atomic E-state index is 0.0690. The summed E-state index contributed by atoms with van der Waals surface area (Å²) in [4.78, 5) is 3.47. The van der Waals surface area contributed by atoms with E-state index in [4.69, 9.17) is 4.74 Å². The fraction of sp³-hybridized carbons (Fsp3) is 0.450. The van der Waals surface area contributed by atoms with E-state index in [-0.39, 0.29) is 11.8 Å². The largest absolute Gasteiger partial charge is 0.369 e. The first-order valence-electron chi connectivity index (χ1n) is 9.94. The van der Waals surface area contributed by atoms with Gasteiger partial charge in [0.2, 0.25) is 5.95 Å². The van der Waals surface area contributed by atoms with Crippen LogP contribution >= 0.6 is 34.9 Å².